The summed E-state index contributed by atoms with van der Waals surface area (Å²) in [6, 6.07) is 5.33. The lowest BCUT2D eigenvalue weighted by Crippen LogP contribution is -2.18. The molecule has 2 N–H and O–H groups in total. The van der Waals surface area contributed by atoms with Gasteiger partial charge in [0.15, 0.2) is 11.5 Å². The number of para-hydroxylation sites is 1. The van der Waals surface area contributed by atoms with Crippen LogP contribution in [0.15, 0.2) is 18.2 Å². The highest BCUT2D eigenvalue weighted by Crippen LogP contribution is 2.30. The SMILES string of the molecule is COc1cccc(CN)c1OCCCOCC(F)(F)F. The fraction of sp³-hybridized carbons (Fsp3) is 0.538. The summed E-state index contributed by atoms with van der Waals surface area (Å²) >= 11 is 0. The molecule has 0 aliphatic rings. The lowest BCUT2D eigenvalue weighted by molar-refractivity contribution is -0.174. The minimum absolute atomic E-state index is 0.0212. The van der Waals surface area contributed by atoms with Crippen LogP contribution in [0.4, 0.5) is 13.2 Å². The zero-order valence-corrected chi connectivity index (χ0v) is 11.2. The van der Waals surface area contributed by atoms with E-state index in [0.29, 0.717) is 17.9 Å². The maximum Gasteiger partial charge on any atom is 0.411 e. The van der Waals surface area contributed by atoms with Gasteiger partial charge in [0, 0.05) is 18.5 Å². The number of benzene rings is 1. The van der Waals surface area contributed by atoms with Gasteiger partial charge >= 0.3 is 6.18 Å². The van der Waals surface area contributed by atoms with Crippen LogP contribution < -0.4 is 15.2 Å². The number of hydrogen-bond donors (Lipinski definition) is 1. The normalized spacial score (nSPS) is 11.4. The zero-order valence-electron chi connectivity index (χ0n) is 11.2. The van der Waals surface area contributed by atoms with Gasteiger partial charge in [0.2, 0.25) is 0 Å². The highest BCUT2D eigenvalue weighted by atomic mass is 19.4. The van der Waals surface area contributed by atoms with Gasteiger partial charge in [0.05, 0.1) is 20.3 Å². The molecule has 20 heavy (non-hydrogen) atoms. The smallest absolute Gasteiger partial charge is 0.411 e. The fourth-order valence-electron chi connectivity index (χ4n) is 1.57. The van der Waals surface area contributed by atoms with Gasteiger partial charge in [0.1, 0.15) is 6.61 Å². The van der Waals surface area contributed by atoms with Gasteiger partial charge < -0.3 is 19.9 Å². The van der Waals surface area contributed by atoms with Crippen molar-refractivity contribution in [2.24, 2.45) is 5.73 Å². The lowest BCUT2D eigenvalue weighted by Gasteiger charge is -2.14. The van der Waals surface area contributed by atoms with Gasteiger partial charge in [-0.1, -0.05) is 12.1 Å². The largest absolute Gasteiger partial charge is 0.493 e. The van der Waals surface area contributed by atoms with Crippen LogP contribution in [-0.2, 0) is 11.3 Å². The Morgan fingerprint density at radius 3 is 2.55 bits per heavy atom. The van der Waals surface area contributed by atoms with Crippen molar-refractivity contribution in [3.05, 3.63) is 23.8 Å². The number of methoxy groups -OCH3 is 1. The monoisotopic (exact) mass is 293 g/mol. The number of hydrogen-bond acceptors (Lipinski definition) is 4. The number of ether oxygens (including phenoxy) is 3. The molecule has 1 aromatic rings. The quantitative estimate of drug-likeness (QED) is 0.748. The van der Waals surface area contributed by atoms with E-state index in [1.54, 1.807) is 18.2 Å². The van der Waals surface area contributed by atoms with Gasteiger partial charge in [-0.2, -0.15) is 13.2 Å². The van der Waals surface area contributed by atoms with E-state index in [1.807, 2.05) is 0 Å². The first-order valence-electron chi connectivity index (χ1n) is 6.11. The first kappa shape index (κ1) is 16.6. The van der Waals surface area contributed by atoms with Crippen molar-refractivity contribution in [2.75, 3.05) is 26.9 Å². The van der Waals surface area contributed by atoms with Gasteiger partial charge in [0.25, 0.3) is 0 Å². The Bertz CT molecular complexity index is 388. The molecular formula is C13H18F3NO3. The maximum absolute atomic E-state index is 11.8. The topological polar surface area (TPSA) is 53.7 Å². The van der Waals surface area contributed by atoms with Crippen molar-refractivity contribution in [3.8, 4) is 11.5 Å². The van der Waals surface area contributed by atoms with Crippen LogP contribution in [0, 0.1) is 0 Å². The third-order valence-electron chi connectivity index (χ3n) is 2.45. The van der Waals surface area contributed by atoms with Crippen molar-refractivity contribution in [1.82, 2.24) is 0 Å². The highest BCUT2D eigenvalue weighted by molar-refractivity contribution is 5.46. The van der Waals surface area contributed by atoms with Crippen LogP contribution in [0.2, 0.25) is 0 Å². The lowest BCUT2D eigenvalue weighted by atomic mass is 10.2. The average Bonchev–Trinajstić information content (AvgIpc) is 2.41. The fourth-order valence-corrected chi connectivity index (χ4v) is 1.57. The van der Waals surface area contributed by atoms with E-state index < -0.39 is 12.8 Å². The Balaban J connectivity index is 2.38. The maximum atomic E-state index is 11.8. The van der Waals surface area contributed by atoms with Crippen molar-refractivity contribution < 1.29 is 27.4 Å². The molecule has 0 aliphatic carbocycles. The van der Waals surface area contributed by atoms with Crippen molar-refractivity contribution >= 4 is 0 Å². The summed E-state index contributed by atoms with van der Waals surface area (Å²) in [4.78, 5) is 0. The Morgan fingerprint density at radius 1 is 1.20 bits per heavy atom. The Hall–Kier alpha value is -1.47. The van der Waals surface area contributed by atoms with Gasteiger partial charge in [-0.25, -0.2) is 0 Å². The van der Waals surface area contributed by atoms with E-state index in [9.17, 15) is 13.2 Å². The summed E-state index contributed by atoms with van der Waals surface area (Å²) in [6.07, 6.45) is -3.95. The molecule has 0 amide bonds. The molecule has 0 fully saturated rings. The first-order chi connectivity index (χ1) is 9.48. The molecule has 0 saturated carbocycles. The van der Waals surface area contributed by atoms with E-state index >= 15 is 0 Å². The Labute approximate surface area is 115 Å². The van der Waals surface area contributed by atoms with Crippen molar-refractivity contribution in [2.45, 2.75) is 19.1 Å². The van der Waals surface area contributed by atoms with Gasteiger partial charge in [-0.05, 0) is 6.07 Å². The van der Waals surface area contributed by atoms with Crippen LogP contribution >= 0.6 is 0 Å². The van der Waals surface area contributed by atoms with E-state index in [0.717, 1.165) is 5.56 Å². The van der Waals surface area contributed by atoms with Crippen LogP contribution in [0.5, 0.6) is 11.5 Å². The summed E-state index contributed by atoms with van der Waals surface area (Å²) in [7, 11) is 1.51. The summed E-state index contributed by atoms with van der Waals surface area (Å²) < 4.78 is 50.7. The standard InChI is InChI=1S/C13H18F3NO3/c1-18-11-5-2-4-10(8-17)12(11)20-7-3-6-19-9-13(14,15)16/h2,4-5H,3,6-9,17H2,1H3. The molecule has 1 rings (SSSR count). The second kappa shape index (κ2) is 7.96. The summed E-state index contributed by atoms with van der Waals surface area (Å²) in [5.41, 5.74) is 6.37. The zero-order chi connectivity index (χ0) is 15.0. The summed E-state index contributed by atoms with van der Waals surface area (Å²) in [6.45, 7) is -0.745. The van der Waals surface area contributed by atoms with E-state index in [4.69, 9.17) is 15.2 Å². The number of nitrogens with two attached hydrogens (primary N) is 1. The molecule has 7 heteroatoms. The third kappa shape index (κ3) is 5.66. The van der Waals surface area contributed by atoms with Gasteiger partial charge in [-0.3, -0.25) is 0 Å². The van der Waals surface area contributed by atoms with Crippen LogP contribution in [0.1, 0.15) is 12.0 Å². The molecule has 0 saturated heterocycles. The van der Waals surface area contributed by atoms with E-state index in [2.05, 4.69) is 4.74 Å². The molecule has 0 bridgehead atoms. The molecule has 0 unspecified atom stereocenters. The molecule has 0 heterocycles. The molecule has 0 spiro atoms. The average molecular weight is 293 g/mol. The molecule has 0 radical (unpaired) electrons. The second-order valence-corrected chi connectivity index (χ2v) is 4.02. The number of halogens is 3. The second-order valence-electron chi connectivity index (χ2n) is 4.02. The summed E-state index contributed by atoms with van der Waals surface area (Å²) in [5, 5.41) is 0. The molecule has 0 atom stereocenters. The molecule has 4 nitrogen and oxygen atoms in total. The van der Waals surface area contributed by atoms with Crippen LogP contribution in [-0.4, -0.2) is 33.1 Å². The predicted molar refractivity (Wildman–Crippen MR) is 67.9 cm³/mol. The van der Waals surface area contributed by atoms with Crippen molar-refractivity contribution in [3.63, 3.8) is 0 Å². The van der Waals surface area contributed by atoms with Crippen LogP contribution in [0.3, 0.4) is 0 Å². The van der Waals surface area contributed by atoms with Crippen LogP contribution in [0.25, 0.3) is 0 Å². The van der Waals surface area contributed by atoms with Crippen molar-refractivity contribution in [1.29, 1.82) is 0 Å². The third-order valence-corrected chi connectivity index (χ3v) is 2.45. The molecule has 0 aromatic heterocycles. The Kier molecular flexibility index (Phi) is 6.60. The predicted octanol–water partition coefficient (Wildman–Crippen LogP) is 2.50. The number of alkyl halides is 3. The minimum atomic E-state index is -4.30. The Morgan fingerprint density at radius 2 is 1.95 bits per heavy atom. The summed E-state index contributed by atoms with van der Waals surface area (Å²) in [5.74, 6) is 1.07. The minimum Gasteiger partial charge on any atom is -0.493 e. The van der Waals surface area contributed by atoms with Gasteiger partial charge in [-0.15, -0.1) is 0 Å². The molecule has 0 aliphatic heterocycles. The number of rotatable bonds is 8. The molecule has 1 aromatic carbocycles. The first-order valence-corrected chi connectivity index (χ1v) is 6.11. The van der Waals surface area contributed by atoms with E-state index in [1.165, 1.54) is 7.11 Å². The molecule has 114 valence electrons. The molecular weight excluding hydrogens is 275 g/mol. The highest BCUT2D eigenvalue weighted by Gasteiger charge is 2.27. The van der Waals surface area contributed by atoms with E-state index in [-0.39, 0.29) is 19.8 Å².